The number of hydrogen-bond donors (Lipinski definition) is 2. The fourth-order valence-corrected chi connectivity index (χ4v) is 2.92. The van der Waals surface area contributed by atoms with Crippen molar-refractivity contribution in [3.63, 3.8) is 0 Å². The molecule has 0 fully saturated rings. The van der Waals surface area contributed by atoms with Crippen LogP contribution in [0.3, 0.4) is 0 Å². The highest BCUT2D eigenvalue weighted by molar-refractivity contribution is 7.92. The first kappa shape index (κ1) is 15.3. The van der Waals surface area contributed by atoms with Crippen LogP contribution in [0.2, 0.25) is 5.02 Å². The third-order valence-electron chi connectivity index (χ3n) is 2.76. The molecule has 1 heterocycles. The second-order valence-corrected chi connectivity index (χ2v) is 6.19. The number of anilines is 1. The number of aryl methyl sites for hydroxylation is 1. The summed E-state index contributed by atoms with van der Waals surface area (Å²) in [6, 6.07) is 3.27. The van der Waals surface area contributed by atoms with Gasteiger partial charge in [0.1, 0.15) is 10.8 Å². The van der Waals surface area contributed by atoms with Crippen molar-refractivity contribution in [1.82, 2.24) is 10.2 Å². The molecule has 21 heavy (non-hydrogen) atoms. The minimum absolute atomic E-state index is 0.130. The molecule has 0 saturated heterocycles. The zero-order chi connectivity index (χ0) is 15.6. The lowest BCUT2D eigenvalue weighted by Crippen LogP contribution is -2.14. The Bertz CT molecular complexity index is 787. The molecule has 0 atom stereocenters. The van der Waals surface area contributed by atoms with Crippen molar-refractivity contribution in [2.24, 2.45) is 0 Å². The molecule has 1 aromatic carbocycles. The van der Waals surface area contributed by atoms with Crippen LogP contribution < -0.4 is 4.72 Å². The Morgan fingerprint density at radius 3 is 2.81 bits per heavy atom. The summed E-state index contributed by atoms with van der Waals surface area (Å²) >= 11 is 5.66. The van der Waals surface area contributed by atoms with Crippen molar-refractivity contribution >= 4 is 33.1 Å². The van der Waals surface area contributed by atoms with Gasteiger partial charge >= 0.3 is 0 Å². The van der Waals surface area contributed by atoms with Gasteiger partial charge in [0.25, 0.3) is 15.7 Å². The number of halogens is 1. The number of aromatic amines is 1. The van der Waals surface area contributed by atoms with E-state index in [0.717, 1.165) is 6.07 Å². The SMILES string of the molecule is CCc1cn[nH]c1NS(=O)(=O)c1ccc(Cl)c([N+](=O)[O-])c1. The van der Waals surface area contributed by atoms with E-state index in [9.17, 15) is 18.5 Å². The molecule has 2 N–H and O–H groups in total. The molecule has 0 spiro atoms. The van der Waals surface area contributed by atoms with E-state index in [4.69, 9.17) is 11.6 Å². The molecule has 0 radical (unpaired) electrons. The summed E-state index contributed by atoms with van der Waals surface area (Å²) in [4.78, 5) is 9.81. The highest BCUT2D eigenvalue weighted by atomic mass is 35.5. The van der Waals surface area contributed by atoms with Crippen molar-refractivity contribution in [3.05, 3.63) is 45.1 Å². The van der Waals surface area contributed by atoms with Crippen molar-refractivity contribution in [2.45, 2.75) is 18.2 Å². The van der Waals surface area contributed by atoms with E-state index in [1.807, 2.05) is 6.92 Å². The highest BCUT2D eigenvalue weighted by Crippen LogP contribution is 2.28. The van der Waals surface area contributed by atoms with E-state index < -0.39 is 20.6 Å². The zero-order valence-electron chi connectivity index (χ0n) is 10.8. The van der Waals surface area contributed by atoms with Crippen LogP contribution >= 0.6 is 11.6 Å². The van der Waals surface area contributed by atoms with Crippen LogP contribution in [0.15, 0.2) is 29.3 Å². The van der Waals surface area contributed by atoms with Gasteiger partial charge in [0.05, 0.1) is 16.0 Å². The molecule has 0 aliphatic heterocycles. The van der Waals surface area contributed by atoms with E-state index in [0.29, 0.717) is 12.0 Å². The quantitative estimate of drug-likeness (QED) is 0.644. The van der Waals surface area contributed by atoms with E-state index >= 15 is 0 Å². The zero-order valence-corrected chi connectivity index (χ0v) is 12.4. The van der Waals surface area contributed by atoms with Crippen LogP contribution in [0.4, 0.5) is 11.5 Å². The van der Waals surface area contributed by atoms with Crippen molar-refractivity contribution in [2.75, 3.05) is 4.72 Å². The lowest BCUT2D eigenvalue weighted by atomic mass is 10.3. The number of rotatable bonds is 5. The van der Waals surface area contributed by atoms with Crippen LogP contribution in [-0.4, -0.2) is 23.5 Å². The number of sulfonamides is 1. The normalized spacial score (nSPS) is 11.3. The standard InChI is InChI=1S/C11H11ClN4O4S/c1-2-7-6-13-14-11(7)15-21(19,20)8-3-4-9(12)10(5-8)16(17)18/h3-6H,2H2,1H3,(H2,13,14,15). The second kappa shape index (κ2) is 5.70. The maximum absolute atomic E-state index is 12.2. The summed E-state index contributed by atoms with van der Waals surface area (Å²) in [5.41, 5.74) is 0.210. The fourth-order valence-electron chi connectivity index (χ4n) is 1.66. The lowest BCUT2D eigenvalue weighted by Gasteiger charge is -2.08. The van der Waals surface area contributed by atoms with E-state index in [2.05, 4.69) is 14.9 Å². The van der Waals surface area contributed by atoms with E-state index in [1.54, 1.807) is 0 Å². The summed E-state index contributed by atoms with van der Waals surface area (Å²) in [6.45, 7) is 1.84. The number of aromatic nitrogens is 2. The Labute approximate surface area is 125 Å². The molecule has 0 unspecified atom stereocenters. The molecule has 0 aliphatic rings. The molecule has 8 nitrogen and oxygen atoms in total. The number of nitro groups is 1. The Morgan fingerprint density at radius 1 is 1.48 bits per heavy atom. The predicted octanol–water partition coefficient (Wildman–Crippen LogP) is 2.33. The van der Waals surface area contributed by atoms with Crippen LogP contribution in [-0.2, 0) is 16.4 Å². The maximum atomic E-state index is 12.2. The number of nitrogens with one attached hydrogen (secondary N) is 2. The van der Waals surface area contributed by atoms with Crippen molar-refractivity contribution < 1.29 is 13.3 Å². The van der Waals surface area contributed by atoms with Gasteiger partial charge in [0.2, 0.25) is 0 Å². The van der Waals surface area contributed by atoms with Gasteiger partial charge in [0, 0.05) is 11.6 Å². The first-order valence-electron chi connectivity index (χ1n) is 5.84. The number of hydrogen-bond acceptors (Lipinski definition) is 5. The van der Waals surface area contributed by atoms with Gasteiger partial charge in [-0.2, -0.15) is 5.10 Å². The monoisotopic (exact) mass is 330 g/mol. The topological polar surface area (TPSA) is 118 Å². The van der Waals surface area contributed by atoms with Gasteiger partial charge in [-0.25, -0.2) is 8.42 Å². The minimum Gasteiger partial charge on any atom is -0.263 e. The minimum atomic E-state index is -3.97. The molecular formula is C11H11ClN4O4S. The molecule has 10 heteroatoms. The van der Waals surface area contributed by atoms with Crippen molar-refractivity contribution in [1.29, 1.82) is 0 Å². The van der Waals surface area contributed by atoms with Crippen LogP contribution in [0.1, 0.15) is 12.5 Å². The number of nitro benzene ring substituents is 1. The van der Waals surface area contributed by atoms with Gasteiger partial charge in [-0.3, -0.25) is 19.9 Å². The molecule has 2 aromatic rings. The Balaban J connectivity index is 2.40. The molecule has 0 aliphatic carbocycles. The second-order valence-electron chi connectivity index (χ2n) is 4.10. The highest BCUT2D eigenvalue weighted by Gasteiger charge is 2.22. The van der Waals surface area contributed by atoms with Gasteiger partial charge in [-0.05, 0) is 18.6 Å². The van der Waals surface area contributed by atoms with Crippen LogP contribution in [0.25, 0.3) is 0 Å². The lowest BCUT2D eigenvalue weighted by molar-refractivity contribution is -0.384. The van der Waals surface area contributed by atoms with Gasteiger partial charge < -0.3 is 0 Å². The predicted molar refractivity (Wildman–Crippen MR) is 76.9 cm³/mol. The first-order chi connectivity index (χ1) is 9.85. The summed E-state index contributed by atoms with van der Waals surface area (Å²) in [5.74, 6) is 0.232. The van der Waals surface area contributed by atoms with E-state index in [1.165, 1.54) is 18.3 Å². The van der Waals surface area contributed by atoms with Gasteiger partial charge in [-0.15, -0.1) is 0 Å². The Morgan fingerprint density at radius 2 is 2.19 bits per heavy atom. The first-order valence-corrected chi connectivity index (χ1v) is 7.70. The third-order valence-corrected chi connectivity index (χ3v) is 4.43. The van der Waals surface area contributed by atoms with Gasteiger partial charge in [-0.1, -0.05) is 18.5 Å². The molecule has 0 amide bonds. The van der Waals surface area contributed by atoms with E-state index in [-0.39, 0.29) is 15.7 Å². The summed E-state index contributed by atoms with van der Waals surface area (Å²) < 4.78 is 26.8. The molecule has 0 bridgehead atoms. The Hall–Kier alpha value is -2.13. The van der Waals surface area contributed by atoms with Crippen molar-refractivity contribution in [3.8, 4) is 0 Å². The fraction of sp³-hybridized carbons (Fsp3) is 0.182. The Kier molecular flexibility index (Phi) is 4.14. The number of H-pyrrole nitrogens is 1. The molecular weight excluding hydrogens is 320 g/mol. The summed E-state index contributed by atoms with van der Waals surface area (Å²) in [7, 11) is -3.97. The summed E-state index contributed by atoms with van der Waals surface area (Å²) in [5, 5.41) is 17.0. The summed E-state index contributed by atoms with van der Waals surface area (Å²) in [6.07, 6.45) is 2.08. The molecule has 112 valence electrons. The molecule has 0 saturated carbocycles. The average Bonchev–Trinajstić information content (AvgIpc) is 2.85. The average molecular weight is 331 g/mol. The number of nitrogens with zero attached hydrogens (tertiary/aromatic N) is 2. The van der Waals surface area contributed by atoms with Crippen LogP contribution in [0, 0.1) is 10.1 Å². The number of benzene rings is 1. The van der Waals surface area contributed by atoms with Crippen LogP contribution in [0.5, 0.6) is 0 Å². The molecule has 1 aromatic heterocycles. The smallest absolute Gasteiger partial charge is 0.263 e. The molecule has 2 rings (SSSR count). The van der Waals surface area contributed by atoms with Gasteiger partial charge in [0.15, 0.2) is 0 Å². The third kappa shape index (κ3) is 3.14. The maximum Gasteiger partial charge on any atom is 0.289 e. The largest absolute Gasteiger partial charge is 0.289 e.